The Morgan fingerprint density at radius 3 is 2.73 bits per heavy atom. The molecule has 1 aromatic carbocycles. The van der Waals surface area contributed by atoms with Crippen molar-refractivity contribution in [2.24, 2.45) is 5.11 Å². The van der Waals surface area contributed by atoms with Crippen LogP contribution in [-0.4, -0.2) is 67.1 Å². The van der Waals surface area contributed by atoms with Crippen LogP contribution >= 0.6 is 7.75 Å². The van der Waals surface area contributed by atoms with Crippen molar-refractivity contribution in [2.75, 3.05) is 12.3 Å². The number of ether oxygens (including phenoxy) is 2. The Labute approximate surface area is 229 Å². The Kier molecular flexibility index (Phi) is 8.59. The average Bonchev–Trinajstić information content (AvgIpc) is 3.43. The van der Waals surface area contributed by atoms with Crippen LogP contribution in [-0.2, 0) is 23.4 Å². The molecule has 214 valence electrons. The third-order valence-corrected chi connectivity index (χ3v) is 7.73. The zero-order valence-electron chi connectivity index (χ0n) is 22.2. The maximum Gasteiger partial charge on any atom is 0.459 e. The highest BCUT2D eigenvalue weighted by Gasteiger charge is 2.55. The lowest BCUT2D eigenvalue weighted by atomic mass is 9.93. The van der Waals surface area contributed by atoms with E-state index in [0.717, 1.165) is 0 Å². The van der Waals surface area contributed by atoms with Crippen LogP contribution in [0.5, 0.6) is 5.75 Å². The van der Waals surface area contributed by atoms with E-state index in [-0.39, 0.29) is 22.7 Å². The SMILES string of the molecule is CC(C)OC(=O)[C@@H](C)N[P@@](=O)(OC[C@H]1O[C@@H](n2cnc3c(N)ncnc32)[C@](C)(N=[N+]=[N-])[C@@H]1O)Oc1ccccc1. The van der Waals surface area contributed by atoms with E-state index in [2.05, 4.69) is 30.1 Å². The predicted molar refractivity (Wildman–Crippen MR) is 142 cm³/mol. The number of para-hydroxylation sites is 1. The van der Waals surface area contributed by atoms with Crippen molar-refractivity contribution in [1.82, 2.24) is 24.6 Å². The fourth-order valence-electron chi connectivity index (χ4n) is 4.13. The molecule has 0 amide bonds. The zero-order chi connectivity index (χ0) is 29.1. The number of esters is 1. The number of carbonyl (C=O) groups is 1. The molecule has 17 heteroatoms. The first-order chi connectivity index (χ1) is 19.0. The number of aliphatic hydroxyl groups is 1. The van der Waals surface area contributed by atoms with Gasteiger partial charge in [0, 0.05) is 4.91 Å². The first-order valence-corrected chi connectivity index (χ1v) is 13.8. The monoisotopic (exact) mass is 575 g/mol. The fourth-order valence-corrected chi connectivity index (χ4v) is 5.63. The summed E-state index contributed by atoms with van der Waals surface area (Å²) in [6.45, 7) is 5.81. The molecule has 1 fully saturated rings. The van der Waals surface area contributed by atoms with Crippen LogP contribution in [0.15, 0.2) is 48.1 Å². The number of hydrogen-bond acceptors (Lipinski definition) is 12. The smallest absolute Gasteiger partial charge is 0.459 e. The lowest BCUT2D eigenvalue weighted by Gasteiger charge is -2.28. The second kappa shape index (κ2) is 11.8. The summed E-state index contributed by atoms with van der Waals surface area (Å²) in [6.07, 6.45) is -1.49. The second-order valence-corrected chi connectivity index (χ2v) is 11.2. The molecule has 0 saturated carbocycles. The van der Waals surface area contributed by atoms with Crippen molar-refractivity contribution in [3.8, 4) is 5.75 Å². The minimum Gasteiger partial charge on any atom is -0.462 e. The summed E-state index contributed by atoms with van der Waals surface area (Å²) >= 11 is 0. The first kappa shape index (κ1) is 29.2. The van der Waals surface area contributed by atoms with Gasteiger partial charge in [0.25, 0.3) is 0 Å². The topological polar surface area (TPSA) is 222 Å². The molecule has 0 bridgehead atoms. The molecule has 2 aromatic heterocycles. The normalized spacial score (nSPS) is 24.8. The van der Waals surface area contributed by atoms with E-state index in [1.54, 1.807) is 44.2 Å². The van der Waals surface area contributed by atoms with E-state index < -0.39 is 56.4 Å². The van der Waals surface area contributed by atoms with Crippen molar-refractivity contribution in [1.29, 1.82) is 0 Å². The van der Waals surface area contributed by atoms with Gasteiger partial charge in [-0.25, -0.2) is 19.5 Å². The quantitative estimate of drug-likeness (QED) is 0.0987. The molecule has 0 radical (unpaired) electrons. The van der Waals surface area contributed by atoms with Crippen molar-refractivity contribution in [2.45, 2.75) is 63.8 Å². The Morgan fingerprint density at radius 2 is 2.05 bits per heavy atom. The van der Waals surface area contributed by atoms with E-state index >= 15 is 0 Å². The molecule has 0 spiro atoms. The van der Waals surface area contributed by atoms with Gasteiger partial charge in [-0.15, -0.1) is 0 Å². The predicted octanol–water partition coefficient (Wildman–Crippen LogP) is 2.87. The highest BCUT2D eigenvalue weighted by molar-refractivity contribution is 7.52. The number of fused-ring (bicyclic) bond motifs is 1. The van der Waals surface area contributed by atoms with E-state index in [1.165, 1.54) is 31.1 Å². The van der Waals surface area contributed by atoms with Crippen LogP contribution in [0.4, 0.5) is 5.82 Å². The molecular weight excluding hydrogens is 545 g/mol. The number of aromatic nitrogens is 4. The summed E-state index contributed by atoms with van der Waals surface area (Å²) in [4.78, 5) is 27.6. The van der Waals surface area contributed by atoms with E-state index in [4.69, 9.17) is 24.3 Å². The molecule has 16 nitrogen and oxygen atoms in total. The number of rotatable bonds is 11. The summed E-state index contributed by atoms with van der Waals surface area (Å²) < 4.78 is 37.9. The van der Waals surface area contributed by atoms with Crippen LogP contribution in [0.3, 0.4) is 0 Å². The number of carbonyl (C=O) groups excluding carboxylic acids is 1. The Hall–Kier alpha value is -3.78. The molecular formula is C23H30N9O7P. The number of azide groups is 1. The standard InChI is InChI=1S/C23H30N9O7P/c1-13(2)37-21(34)14(3)29-40(35,39-15-8-6-5-7-9-15)36-10-16-18(33)23(4,30-31-25)22(38-16)32-12-28-17-19(24)26-11-27-20(17)32/h5-9,11-14,16,18,22,33H,10H2,1-4H3,(H,29,35)(H2,24,26,27)/t14-,16-,18-,22-,23-,40-/m1/s1. The second-order valence-electron chi connectivity index (χ2n) is 9.50. The fraction of sp³-hybridized carbons (Fsp3) is 0.478. The Bertz CT molecular complexity index is 1450. The summed E-state index contributed by atoms with van der Waals surface area (Å²) in [7, 11) is -4.26. The molecule has 3 aromatic rings. The molecule has 1 aliphatic heterocycles. The minimum atomic E-state index is -4.26. The van der Waals surface area contributed by atoms with Gasteiger partial charge in [-0.1, -0.05) is 23.3 Å². The van der Waals surface area contributed by atoms with Gasteiger partial charge in [0.05, 0.1) is 25.1 Å². The third kappa shape index (κ3) is 6.02. The highest BCUT2D eigenvalue weighted by atomic mass is 31.2. The maximum atomic E-state index is 13.8. The van der Waals surface area contributed by atoms with Crippen molar-refractivity contribution < 1.29 is 33.0 Å². The third-order valence-electron chi connectivity index (χ3n) is 6.09. The van der Waals surface area contributed by atoms with Crippen molar-refractivity contribution in [3.05, 3.63) is 53.4 Å². The summed E-state index contributed by atoms with van der Waals surface area (Å²) in [5.41, 5.74) is 14.2. The largest absolute Gasteiger partial charge is 0.462 e. The minimum absolute atomic E-state index is 0.128. The van der Waals surface area contributed by atoms with Gasteiger partial charge in [-0.05, 0) is 45.4 Å². The summed E-state index contributed by atoms with van der Waals surface area (Å²) in [6, 6.07) is 7.12. The molecule has 1 aliphatic rings. The van der Waals surface area contributed by atoms with Gasteiger partial charge in [0.15, 0.2) is 17.7 Å². The molecule has 4 N–H and O–H groups in total. The van der Waals surface area contributed by atoms with Crippen LogP contribution in [0.1, 0.15) is 33.9 Å². The van der Waals surface area contributed by atoms with E-state index in [9.17, 15) is 20.0 Å². The van der Waals surface area contributed by atoms with Crippen LogP contribution in [0, 0.1) is 0 Å². The lowest BCUT2D eigenvalue weighted by molar-refractivity contribution is -0.149. The van der Waals surface area contributed by atoms with Gasteiger partial charge in [0.1, 0.15) is 35.3 Å². The average molecular weight is 576 g/mol. The zero-order valence-corrected chi connectivity index (χ0v) is 23.1. The molecule has 6 atom stereocenters. The maximum absolute atomic E-state index is 13.8. The number of nitrogens with one attached hydrogen (secondary N) is 1. The number of hydrogen-bond donors (Lipinski definition) is 3. The first-order valence-electron chi connectivity index (χ1n) is 12.3. The number of nitrogen functional groups attached to an aromatic ring is 1. The van der Waals surface area contributed by atoms with Crippen molar-refractivity contribution in [3.63, 3.8) is 0 Å². The molecule has 4 rings (SSSR count). The number of aliphatic hydroxyl groups excluding tert-OH is 1. The number of imidazole rings is 1. The highest BCUT2D eigenvalue weighted by Crippen LogP contribution is 2.48. The van der Waals surface area contributed by atoms with Crippen LogP contribution in [0.25, 0.3) is 21.6 Å². The Morgan fingerprint density at radius 1 is 1.32 bits per heavy atom. The van der Waals surface area contributed by atoms with Crippen LogP contribution in [0.2, 0.25) is 0 Å². The number of nitrogens with two attached hydrogens (primary N) is 1. The molecule has 40 heavy (non-hydrogen) atoms. The van der Waals surface area contributed by atoms with Gasteiger partial charge in [-0.2, -0.15) is 5.09 Å². The number of anilines is 1. The molecule has 0 unspecified atom stereocenters. The van der Waals surface area contributed by atoms with Gasteiger partial charge in [-0.3, -0.25) is 13.9 Å². The molecule has 1 saturated heterocycles. The van der Waals surface area contributed by atoms with E-state index in [1.807, 2.05) is 0 Å². The van der Waals surface area contributed by atoms with Crippen LogP contribution < -0.4 is 15.3 Å². The van der Waals surface area contributed by atoms with E-state index in [0.29, 0.717) is 0 Å². The van der Waals surface area contributed by atoms with Gasteiger partial charge >= 0.3 is 13.7 Å². The van der Waals surface area contributed by atoms with Crippen molar-refractivity contribution >= 4 is 30.7 Å². The van der Waals surface area contributed by atoms with Gasteiger partial charge in [0.2, 0.25) is 0 Å². The molecule has 3 heterocycles. The Balaban J connectivity index is 1.60. The van der Waals surface area contributed by atoms with Gasteiger partial charge < -0.3 is 24.8 Å². The number of benzene rings is 1. The number of nitrogens with zero attached hydrogens (tertiary/aromatic N) is 7. The summed E-state index contributed by atoms with van der Waals surface area (Å²) in [5, 5.41) is 17.6. The summed E-state index contributed by atoms with van der Waals surface area (Å²) in [5.74, 6) is -0.339. The lowest BCUT2D eigenvalue weighted by Crippen LogP contribution is -2.43. The molecule has 0 aliphatic carbocycles.